The van der Waals surface area contributed by atoms with E-state index >= 15 is 0 Å². The van der Waals surface area contributed by atoms with Gasteiger partial charge in [0.25, 0.3) is 0 Å². The SMILES string of the molecule is Cc1cccc(C(C)C)c1NC(=O)CCNCCC(C)C. The summed E-state index contributed by atoms with van der Waals surface area (Å²) < 4.78 is 0. The summed E-state index contributed by atoms with van der Waals surface area (Å²) in [4.78, 5) is 12.1. The molecule has 0 fully saturated rings. The summed E-state index contributed by atoms with van der Waals surface area (Å²) in [6.07, 6.45) is 1.67. The number of carbonyl (C=O) groups excluding carboxylic acids is 1. The molecule has 0 unspecified atom stereocenters. The lowest BCUT2D eigenvalue weighted by molar-refractivity contribution is -0.116. The Balaban J connectivity index is 2.48. The molecular formula is C18H30N2O. The first-order chi connectivity index (χ1) is 9.91. The monoisotopic (exact) mass is 290 g/mol. The first-order valence-electron chi connectivity index (χ1n) is 8.02. The Kier molecular flexibility index (Phi) is 7.44. The lowest BCUT2D eigenvalue weighted by atomic mass is 9.98. The van der Waals surface area contributed by atoms with Crippen LogP contribution in [0.5, 0.6) is 0 Å². The fourth-order valence-corrected chi connectivity index (χ4v) is 2.26. The second-order valence-corrected chi connectivity index (χ2v) is 6.42. The van der Waals surface area contributed by atoms with Crippen molar-refractivity contribution in [2.45, 2.75) is 53.4 Å². The number of carbonyl (C=O) groups is 1. The van der Waals surface area contributed by atoms with Gasteiger partial charge in [0.15, 0.2) is 0 Å². The minimum Gasteiger partial charge on any atom is -0.326 e. The van der Waals surface area contributed by atoms with E-state index in [-0.39, 0.29) is 5.91 Å². The molecule has 0 atom stereocenters. The number of para-hydroxylation sites is 1. The van der Waals surface area contributed by atoms with Gasteiger partial charge in [-0.05, 0) is 42.9 Å². The Bertz CT molecular complexity index is 453. The van der Waals surface area contributed by atoms with E-state index in [0.717, 1.165) is 30.8 Å². The van der Waals surface area contributed by atoms with Gasteiger partial charge in [0.1, 0.15) is 0 Å². The van der Waals surface area contributed by atoms with Gasteiger partial charge in [0.05, 0.1) is 0 Å². The average Bonchev–Trinajstić information content (AvgIpc) is 2.40. The Hall–Kier alpha value is -1.35. The van der Waals surface area contributed by atoms with Crippen LogP contribution in [0.15, 0.2) is 18.2 Å². The topological polar surface area (TPSA) is 41.1 Å². The first kappa shape index (κ1) is 17.7. The van der Waals surface area contributed by atoms with Crippen LogP contribution in [-0.4, -0.2) is 19.0 Å². The summed E-state index contributed by atoms with van der Waals surface area (Å²) in [6.45, 7) is 12.5. The summed E-state index contributed by atoms with van der Waals surface area (Å²) in [5, 5.41) is 6.41. The van der Waals surface area contributed by atoms with E-state index in [0.29, 0.717) is 18.3 Å². The van der Waals surface area contributed by atoms with Crippen molar-refractivity contribution < 1.29 is 4.79 Å². The first-order valence-corrected chi connectivity index (χ1v) is 8.02. The predicted octanol–water partition coefficient (Wildman–Crippen LogP) is 4.08. The van der Waals surface area contributed by atoms with Crippen LogP contribution in [0.25, 0.3) is 0 Å². The van der Waals surface area contributed by atoms with E-state index in [1.807, 2.05) is 19.1 Å². The Morgan fingerprint density at radius 3 is 2.48 bits per heavy atom. The van der Waals surface area contributed by atoms with Crippen LogP contribution in [0.3, 0.4) is 0 Å². The Morgan fingerprint density at radius 1 is 1.14 bits per heavy atom. The highest BCUT2D eigenvalue weighted by molar-refractivity contribution is 5.92. The number of benzene rings is 1. The highest BCUT2D eigenvalue weighted by Crippen LogP contribution is 2.27. The van der Waals surface area contributed by atoms with E-state index < -0.39 is 0 Å². The average molecular weight is 290 g/mol. The molecule has 0 heterocycles. The van der Waals surface area contributed by atoms with E-state index in [1.54, 1.807) is 0 Å². The number of amides is 1. The molecule has 2 N–H and O–H groups in total. The van der Waals surface area contributed by atoms with Gasteiger partial charge in [-0.25, -0.2) is 0 Å². The largest absolute Gasteiger partial charge is 0.326 e. The molecule has 3 nitrogen and oxygen atoms in total. The number of hydrogen-bond donors (Lipinski definition) is 2. The van der Waals surface area contributed by atoms with E-state index in [4.69, 9.17) is 0 Å². The molecule has 3 heteroatoms. The van der Waals surface area contributed by atoms with Crippen molar-refractivity contribution in [1.82, 2.24) is 5.32 Å². The minimum absolute atomic E-state index is 0.0863. The van der Waals surface area contributed by atoms with Crippen LogP contribution in [0.4, 0.5) is 5.69 Å². The number of aryl methyl sites for hydroxylation is 1. The normalized spacial score (nSPS) is 11.2. The molecule has 1 amide bonds. The third kappa shape index (κ3) is 6.30. The summed E-state index contributed by atoms with van der Waals surface area (Å²) >= 11 is 0. The van der Waals surface area contributed by atoms with Gasteiger partial charge in [-0.15, -0.1) is 0 Å². The molecule has 0 aliphatic heterocycles. The van der Waals surface area contributed by atoms with Crippen LogP contribution in [-0.2, 0) is 4.79 Å². The van der Waals surface area contributed by atoms with Crippen LogP contribution in [0.2, 0.25) is 0 Å². The van der Waals surface area contributed by atoms with Crippen LogP contribution in [0.1, 0.15) is 57.6 Å². The molecule has 21 heavy (non-hydrogen) atoms. The molecule has 1 rings (SSSR count). The number of hydrogen-bond acceptors (Lipinski definition) is 2. The molecule has 0 bridgehead atoms. The van der Waals surface area contributed by atoms with Gasteiger partial charge in [0.2, 0.25) is 5.91 Å². The molecule has 1 aromatic carbocycles. The highest BCUT2D eigenvalue weighted by Gasteiger charge is 2.11. The maximum atomic E-state index is 12.1. The van der Waals surface area contributed by atoms with Crippen LogP contribution >= 0.6 is 0 Å². The lowest BCUT2D eigenvalue weighted by Crippen LogP contribution is -2.24. The standard InChI is InChI=1S/C18H30N2O/c1-13(2)9-11-19-12-10-17(21)20-18-15(5)7-6-8-16(18)14(3)4/h6-8,13-14,19H,9-12H2,1-5H3,(H,20,21). The predicted molar refractivity (Wildman–Crippen MR) is 90.8 cm³/mol. The Labute approximate surface area is 129 Å². The summed E-state index contributed by atoms with van der Waals surface area (Å²) in [5.41, 5.74) is 3.32. The molecule has 0 spiro atoms. The third-order valence-electron chi connectivity index (χ3n) is 3.62. The van der Waals surface area contributed by atoms with E-state index in [2.05, 4.69) is 44.4 Å². The smallest absolute Gasteiger partial charge is 0.225 e. The summed E-state index contributed by atoms with van der Waals surface area (Å²) in [5.74, 6) is 1.19. The van der Waals surface area contributed by atoms with Gasteiger partial charge in [-0.1, -0.05) is 45.9 Å². The lowest BCUT2D eigenvalue weighted by Gasteiger charge is -2.16. The molecule has 1 aromatic rings. The number of anilines is 1. The fourth-order valence-electron chi connectivity index (χ4n) is 2.26. The van der Waals surface area contributed by atoms with Crippen molar-refractivity contribution in [2.24, 2.45) is 5.92 Å². The number of rotatable bonds is 8. The van der Waals surface area contributed by atoms with Gasteiger partial charge >= 0.3 is 0 Å². The van der Waals surface area contributed by atoms with E-state index in [1.165, 1.54) is 5.56 Å². The van der Waals surface area contributed by atoms with Gasteiger partial charge < -0.3 is 10.6 Å². The van der Waals surface area contributed by atoms with Crippen molar-refractivity contribution in [1.29, 1.82) is 0 Å². The number of nitrogens with one attached hydrogen (secondary N) is 2. The zero-order chi connectivity index (χ0) is 15.8. The fraction of sp³-hybridized carbons (Fsp3) is 0.611. The summed E-state index contributed by atoms with van der Waals surface area (Å²) in [7, 11) is 0. The van der Waals surface area contributed by atoms with Gasteiger partial charge in [-0.2, -0.15) is 0 Å². The minimum atomic E-state index is 0.0863. The maximum Gasteiger partial charge on any atom is 0.225 e. The highest BCUT2D eigenvalue weighted by atomic mass is 16.1. The molecule has 0 aliphatic rings. The second kappa shape index (κ2) is 8.83. The van der Waals surface area contributed by atoms with Crippen molar-refractivity contribution in [2.75, 3.05) is 18.4 Å². The molecule has 0 radical (unpaired) electrons. The maximum absolute atomic E-state index is 12.1. The van der Waals surface area contributed by atoms with Crippen molar-refractivity contribution in [3.05, 3.63) is 29.3 Å². The van der Waals surface area contributed by atoms with Crippen molar-refractivity contribution in [3.8, 4) is 0 Å². The second-order valence-electron chi connectivity index (χ2n) is 6.42. The van der Waals surface area contributed by atoms with Gasteiger partial charge in [0, 0.05) is 18.7 Å². The molecule has 118 valence electrons. The molecule has 0 aliphatic carbocycles. The Morgan fingerprint density at radius 2 is 1.86 bits per heavy atom. The summed E-state index contributed by atoms with van der Waals surface area (Å²) in [6, 6.07) is 6.18. The van der Waals surface area contributed by atoms with Crippen molar-refractivity contribution >= 4 is 11.6 Å². The zero-order valence-electron chi connectivity index (χ0n) is 14.1. The molecule has 0 saturated carbocycles. The third-order valence-corrected chi connectivity index (χ3v) is 3.62. The van der Waals surface area contributed by atoms with Crippen molar-refractivity contribution in [3.63, 3.8) is 0 Å². The quantitative estimate of drug-likeness (QED) is 0.708. The molecule has 0 aromatic heterocycles. The van der Waals surface area contributed by atoms with Crippen LogP contribution in [0, 0.1) is 12.8 Å². The molecule has 0 saturated heterocycles. The van der Waals surface area contributed by atoms with E-state index in [9.17, 15) is 4.79 Å². The van der Waals surface area contributed by atoms with Gasteiger partial charge in [-0.3, -0.25) is 4.79 Å². The van der Waals surface area contributed by atoms with Crippen LogP contribution < -0.4 is 10.6 Å². The zero-order valence-corrected chi connectivity index (χ0v) is 14.1. The molecular weight excluding hydrogens is 260 g/mol.